The highest BCUT2D eigenvalue weighted by Gasteiger charge is 2.24. The Morgan fingerprint density at radius 2 is 1.57 bits per heavy atom. The molecule has 0 saturated carbocycles. The maximum absolute atomic E-state index is 14.9. The van der Waals surface area contributed by atoms with Crippen molar-refractivity contribution >= 4 is 44.8 Å². The first-order valence-electron chi connectivity index (χ1n) is 12.3. The Bertz CT molecular complexity index is 1630. The maximum Gasteiger partial charge on any atom is 0.322 e. The molecule has 0 aliphatic rings. The molecular formula is C30H27ClFN3O4S. The van der Waals surface area contributed by atoms with Gasteiger partial charge in [0.15, 0.2) is 9.84 Å². The average molecular weight is 580 g/mol. The summed E-state index contributed by atoms with van der Waals surface area (Å²) in [6.45, 7) is 1.45. The largest absolute Gasteiger partial charge is 0.329 e. The van der Waals surface area contributed by atoms with Gasteiger partial charge in [0.05, 0.1) is 23.2 Å². The number of carbonyl (C=O) groups is 2. The number of urea groups is 1. The van der Waals surface area contributed by atoms with Crippen molar-refractivity contribution in [3.8, 4) is 11.1 Å². The van der Waals surface area contributed by atoms with E-state index in [1.807, 2.05) is 37.3 Å². The standard InChI is InChI=1S/C30H27ClFN3O4S/c1-20(21-8-4-3-5-9-21)35(24-15-13-23(31)14-16-24)30(37)33-19-29(36)34-27-17-12-22(18-26(27)32)25-10-6-7-11-28(25)40(2,38)39/h3-18,20H,19H2,1-2H3,(H,33,37)(H,34,36). The van der Waals surface area contributed by atoms with Crippen LogP contribution in [0.1, 0.15) is 18.5 Å². The lowest BCUT2D eigenvalue weighted by Gasteiger charge is -2.30. The monoisotopic (exact) mass is 579 g/mol. The molecule has 0 spiro atoms. The normalized spacial score (nSPS) is 11.9. The topological polar surface area (TPSA) is 95.6 Å². The Morgan fingerprint density at radius 1 is 0.925 bits per heavy atom. The van der Waals surface area contributed by atoms with Crippen molar-refractivity contribution < 1.29 is 22.4 Å². The Balaban J connectivity index is 1.47. The van der Waals surface area contributed by atoms with Crippen LogP contribution in [0.25, 0.3) is 11.1 Å². The van der Waals surface area contributed by atoms with Crippen molar-refractivity contribution in [1.82, 2.24) is 5.32 Å². The predicted octanol–water partition coefficient (Wildman–Crippen LogP) is 6.47. The minimum atomic E-state index is -3.54. The fraction of sp³-hybridized carbons (Fsp3) is 0.133. The van der Waals surface area contributed by atoms with Crippen LogP contribution in [0.4, 0.5) is 20.6 Å². The molecule has 4 aromatic carbocycles. The molecule has 10 heteroatoms. The molecule has 0 aliphatic heterocycles. The lowest BCUT2D eigenvalue weighted by molar-refractivity contribution is -0.115. The summed E-state index contributed by atoms with van der Waals surface area (Å²) in [6.07, 6.45) is 1.08. The van der Waals surface area contributed by atoms with Gasteiger partial charge in [-0.2, -0.15) is 0 Å². The third kappa shape index (κ3) is 6.86. The van der Waals surface area contributed by atoms with Gasteiger partial charge >= 0.3 is 6.03 Å². The third-order valence-corrected chi connectivity index (χ3v) is 7.64. The van der Waals surface area contributed by atoms with Crippen LogP contribution in [0.15, 0.2) is 102 Å². The van der Waals surface area contributed by atoms with Crippen molar-refractivity contribution in [2.75, 3.05) is 23.0 Å². The number of anilines is 2. The molecule has 206 valence electrons. The summed E-state index contributed by atoms with van der Waals surface area (Å²) in [5, 5.41) is 5.57. The molecule has 0 bridgehead atoms. The van der Waals surface area contributed by atoms with E-state index in [-0.39, 0.29) is 16.6 Å². The van der Waals surface area contributed by atoms with Crippen molar-refractivity contribution in [3.63, 3.8) is 0 Å². The van der Waals surface area contributed by atoms with Crippen molar-refractivity contribution in [2.24, 2.45) is 0 Å². The van der Waals surface area contributed by atoms with Crippen molar-refractivity contribution in [3.05, 3.63) is 113 Å². The highest BCUT2D eigenvalue weighted by molar-refractivity contribution is 7.90. The molecule has 0 aromatic heterocycles. The summed E-state index contributed by atoms with van der Waals surface area (Å²) < 4.78 is 39.2. The van der Waals surface area contributed by atoms with E-state index in [9.17, 15) is 22.4 Å². The number of hydrogen-bond donors (Lipinski definition) is 2. The summed E-state index contributed by atoms with van der Waals surface area (Å²) in [5.41, 5.74) is 2.06. The maximum atomic E-state index is 14.9. The molecule has 40 heavy (non-hydrogen) atoms. The van der Waals surface area contributed by atoms with E-state index in [0.29, 0.717) is 21.8 Å². The molecule has 7 nitrogen and oxygen atoms in total. The molecular weight excluding hydrogens is 553 g/mol. The van der Waals surface area contributed by atoms with Crippen LogP contribution in [0, 0.1) is 5.82 Å². The number of benzene rings is 4. The van der Waals surface area contributed by atoms with Crippen LogP contribution >= 0.6 is 11.6 Å². The molecule has 2 N–H and O–H groups in total. The number of halogens is 2. The molecule has 1 atom stereocenters. The smallest absolute Gasteiger partial charge is 0.322 e. The SMILES string of the molecule is CC(c1ccccc1)N(C(=O)NCC(=O)Nc1ccc(-c2ccccc2S(C)(=O)=O)cc1F)c1ccc(Cl)cc1. The van der Waals surface area contributed by atoms with Gasteiger partial charge < -0.3 is 10.6 Å². The Hall–Kier alpha value is -4.21. The molecule has 0 radical (unpaired) electrons. The van der Waals surface area contributed by atoms with Gasteiger partial charge in [-0.15, -0.1) is 0 Å². The van der Waals surface area contributed by atoms with Gasteiger partial charge in [0.2, 0.25) is 5.91 Å². The quantitative estimate of drug-likeness (QED) is 0.250. The molecule has 4 aromatic rings. The van der Waals surface area contributed by atoms with Crippen LogP contribution < -0.4 is 15.5 Å². The van der Waals surface area contributed by atoms with E-state index in [1.54, 1.807) is 42.5 Å². The van der Waals surface area contributed by atoms with Crippen molar-refractivity contribution in [2.45, 2.75) is 17.9 Å². The van der Waals surface area contributed by atoms with Gasteiger partial charge in [-0.05, 0) is 60.5 Å². The van der Waals surface area contributed by atoms with Crippen LogP contribution in [0.5, 0.6) is 0 Å². The highest BCUT2D eigenvalue weighted by Crippen LogP contribution is 2.30. The van der Waals surface area contributed by atoms with Crippen LogP contribution in [-0.2, 0) is 14.6 Å². The summed E-state index contributed by atoms with van der Waals surface area (Å²) in [4.78, 5) is 27.5. The second-order valence-electron chi connectivity index (χ2n) is 9.10. The third-order valence-electron chi connectivity index (χ3n) is 6.23. The zero-order valence-electron chi connectivity index (χ0n) is 21.8. The van der Waals surface area contributed by atoms with Gasteiger partial charge in [-0.25, -0.2) is 17.6 Å². The van der Waals surface area contributed by atoms with E-state index in [4.69, 9.17) is 11.6 Å². The van der Waals surface area contributed by atoms with E-state index < -0.39 is 34.1 Å². The van der Waals surface area contributed by atoms with Crippen LogP contribution in [0.2, 0.25) is 5.02 Å². The van der Waals surface area contributed by atoms with Gasteiger partial charge in [-0.3, -0.25) is 9.69 Å². The Kier molecular flexibility index (Phi) is 8.86. The number of carbonyl (C=O) groups excluding carboxylic acids is 2. The molecule has 3 amide bonds. The lowest BCUT2D eigenvalue weighted by Crippen LogP contribution is -2.44. The van der Waals surface area contributed by atoms with Gasteiger partial charge in [0.1, 0.15) is 5.82 Å². The van der Waals surface area contributed by atoms with Gasteiger partial charge in [-0.1, -0.05) is 66.2 Å². The molecule has 0 heterocycles. The zero-order chi connectivity index (χ0) is 28.9. The Morgan fingerprint density at radius 3 is 2.23 bits per heavy atom. The van der Waals surface area contributed by atoms with Crippen molar-refractivity contribution in [1.29, 1.82) is 0 Å². The molecule has 1 unspecified atom stereocenters. The first-order chi connectivity index (χ1) is 19.0. The number of rotatable bonds is 8. The Labute approximate surface area is 237 Å². The van der Waals surface area contributed by atoms with Crippen LogP contribution in [0.3, 0.4) is 0 Å². The number of amides is 3. The minimum Gasteiger partial charge on any atom is -0.329 e. The van der Waals surface area contributed by atoms with E-state index in [2.05, 4.69) is 10.6 Å². The summed E-state index contributed by atoms with van der Waals surface area (Å²) in [7, 11) is -3.54. The second-order valence-corrected chi connectivity index (χ2v) is 11.5. The minimum absolute atomic E-state index is 0.0730. The first kappa shape index (κ1) is 28.8. The number of nitrogens with one attached hydrogen (secondary N) is 2. The van der Waals surface area contributed by atoms with E-state index in [1.165, 1.54) is 23.1 Å². The summed E-state index contributed by atoms with van der Waals surface area (Å²) >= 11 is 6.03. The molecule has 0 fully saturated rings. The fourth-order valence-electron chi connectivity index (χ4n) is 4.25. The summed E-state index contributed by atoms with van der Waals surface area (Å²) in [5.74, 6) is -1.39. The molecule has 4 rings (SSSR count). The number of sulfone groups is 1. The fourth-order valence-corrected chi connectivity index (χ4v) is 5.28. The van der Waals surface area contributed by atoms with Gasteiger partial charge in [0.25, 0.3) is 0 Å². The zero-order valence-corrected chi connectivity index (χ0v) is 23.3. The van der Waals surface area contributed by atoms with E-state index in [0.717, 1.165) is 17.9 Å². The highest BCUT2D eigenvalue weighted by atomic mass is 35.5. The van der Waals surface area contributed by atoms with Crippen LogP contribution in [-0.4, -0.2) is 33.2 Å². The predicted molar refractivity (Wildman–Crippen MR) is 156 cm³/mol. The number of nitrogens with zero attached hydrogens (tertiary/aromatic N) is 1. The lowest BCUT2D eigenvalue weighted by atomic mass is 10.0. The molecule has 0 aliphatic carbocycles. The second kappa shape index (κ2) is 12.3. The number of hydrogen-bond acceptors (Lipinski definition) is 4. The van der Waals surface area contributed by atoms with E-state index >= 15 is 0 Å². The molecule has 0 saturated heterocycles. The summed E-state index contributed by atoms with van der Waals surface area (Å²) in [6, 6.07) is 25.6. The van der Waals surface area contributed by atoms with Gasteiger partial charge in [0, 0.05) is 22.5 Å². The first-order valence-corrected chi connectivity index (χ1v) is 14.6. The average Bonchev–Trinajstić information content (AvgIpc) is 2.94.